The summed E-state index contributed by atoms with van der Waals surface area (Å²) in [5, 5.41) is 12.3. The molecule has 1 aliphatic heterocycles. The molecule has 0 spiro atoms. The van der Waals surface area contributed by atoms with Gasteiger partial charge in [-0.25, -0.2) is 14.1 Å². The van der Waals surface area contributed by atoms with Crippen LogP contribution in [-0.4, -0.2) is 22.8 Å². The van der Waals surface area contributed by atoms with Gasteiger partial charge in [0.25, 0.3) is 0 Å². The number of nitrogens with one attached hydrogen (secondary N) is 1. The number of rotatable bonds is 2. The lowest BCUT2D eigenvalue weighted by molar-refractivity contribution is -0.387. The molecule has 0 atom stereocenters. The lowest BCUT2D eigenvalue weighted by Gasteiger charge is -2.24. The number of carbonyl (C=O) groups is 3. The Labute approximate surface area is 109 Å². The zero-order valence-corrected chi connectivity index (χ0v) is 9.55. The van der Waals surface area contributed by atoms with E-state index in [9.17, 15) is 33.3 Å². The first kappa shape index (κ1) is 13.5. The fraction of sp³-hybridized carbons (Fsp3) is 0.100. The van der Waals surface area contributed by atoms with Gasteiger partial charge in [-0.15, -0.1) is 0 Å². The Morgan fingerprint density at radius 2 is 1.85 bits per heavy atom. The van der Waals surface area contributed by atoms with Gasteiger partial charge >= 0.3 is 11.7 Å². The number of amides is 4. The summed E-state index contributed by atoms with van der Waals surface area (Å²) < 4.78 is 26.8. The fourth-order valence-electron chi connectivity index (χ4n) is 1.63. The van der Waals surface area contributed by atoms with Crippen molar-refractivity contribution in [2.45, 2.75) is 6.42 Å². The van der Waals surface area contributed by atoms with Crippen molar-refractivity contribution in [1.29, 1.82) is 0 Å². The Balaban J connectivity index is 2.54. The number of halogens is 2. The predicted octanol–water partition coefficient (Wildman–Crippen LogP) is 0.846. The molecule has 1 heterocycles. The highest BCUT2D eigenvalue weighted by molar-refractivity contribution is 6.26. The summed E-state index contributed by atoms with van der Waals surface area (Å²) in [6.45, 7) is 0. The van der Waals surface area contributed by atoms with E-state index in [0.717, 1.165) is 0 Å². The van der Waals surface area contributed by atoms with E-state index in [2.05, 4.69) is 0 Å². The van der Waals surface area contributed by atoms with Gasteiger partial charge in [0.15, 0.2) is 5.82 Å². The van der Waals surface area contributed by atoms with E-state index in [1.54, 1.807) is 5.32 Å². The van der Waals surface area contributed by atoms with Crippen molar-refractivity contribution >= 4 is 29.2 Å². The van der Waals surface area contributed by atoms with E-state index in [0.29, 0.717) is 6.07 Å². The topological polar surface area (TPSA) is 110 Å². The second kappa shape index (κ2) is 4.64. The standard InChI is InChI=1S/C10H5F2N3O5/c11-4-1-5(12)7(15(19)20)2-6(4)14-9(17)3-8(16)13-10(14)18/h1-2H,3H2,(H,13,16,18). The number of hydrogen-bond donors (Lipinski definition) is 1. The Morgan fingerprint density at radius 1 is 1.20 bits per heavy atom. The van der Waals surface area contributed by atoms with E-state index < -0.39 is 52.2 Å². The average Bonchev–Trinajstić information content (AvgIpc) is 2.29. The van der Waals surface area contributed by atoms with Crippen LogP contribution < -0.4 is 10.2 Å². The molecule has 1 N–H and O–H groups in total. The molecule has 0 aromatic heterocycles. The minimum atomic E-state index is -1.45. The average molecular weight is 285 g/mol. The number of nitro groups is 1. The summed E-state index contributed by atoms with van der Waals surface area (Å²) >= 11 is 0. The summed E-state index contributed by atoms with van der Waals surface area (Å²) in [6.07, 6.45) is -0.726. The highest BCUT2D eigenvalue weighted by atomic mass is 19.1. The molecule has 1 aromatic carbocycles. The molecule has 20 heavy (non-hydrogen) atoms. The van der Waals surface area contributed by atoms with Crippen LogP contribution in [0, 0.1) is 21.7 Å². The normalized spacial score (nSPS) is 15.3. The first-order chi connectivity index (χ1) is 9.31. The number of nitrogens with zero attached hydrogens (tertiary/aromatic N) is 2. The van der Waals surface area contributed by atoms with Gasteiger partial charge in [-0.3, -0.25) is 25.0 Å². The first-order valence-electron chi connectivity index (χ1n) is 5.11. The van der Waals surface area contributed by atoms with Crippen molar-refractivity contribution in [1.82, 2.24) is 5.32 Å². The fourth-order valence-corrected chi connectivity index (χ4v) is 1.63. The number of imide groups is 2. The van der Waals surface area contributed by atoms with E-state index >= 15 is 0 Å². The van der Waals surface area contributed by atoms with Crippen LogP contribution in [0.4, 0.5) is 25.0 Å². The zero-order chi connectivity index (χ0) is 15.0. The van der Waals surface area contributed by atoms with E-state index in [4.69, 9.17) is 0 Å². The van der Waals surface area contributed by atoms with Crippen LogP contribution in [-0.2, 0) is 9.59 Å². The van der Waals surface area contributed by atoms with Gasteiger partial charge in [-0.1, -0.05) is 0 Å². The molecule has 0 radical (unpaired) electrons. The second-order valence-electron chi connectivity index (χ2n) is 3.77. The Morgan fingerprint density at radius 3 is 2.40 bits per heavy atom. The lowest BCUT2D eigenvalue weighted by atomic mass is 10.2. The molecule has 1 fully saturated rings. The second-order valence-corrected chi connectivity index (χ2v) is 3.77. The van der Waals surface area contributed by atoms with E-state index in [1.165, 1.54) is 0 Å². The smallest absolute Gasteiger partial charge is 0.277 e. The van der Waals surface area contributed by atoms with Crippen LogP contribution >= 0.6 is 0 Å². The number of carbonyl (C=O) groups excluding carboxylic acids is 3. The third kappa shape index (κ3) is 2.18. The highest BCUT2D eigenvalue weighted by Crippen LogP contribution is 2.29. The highest BCUT2D eigenvalue weighted by Gasteiger charge is 2.35. The van der Waals surface area contributed by atoms with Gasteiger partial charge < -0.3 is 0 Å². The molecule has 1 saturated heterocycles. The number of hydrogen-bond acceptors (Lipinski definition) is 5. The maximum Gasteiger partial charge on any atom is 0.335 e. The third-order valence-corrected chi connectivity index (χ3v) is 2.46. The molecule has 2 rings (SSSR count). The lowest BCUT2D eigenvalue weighted by Crippen LogP contribution is -2.53. The number of benzene rings is 1. The van der Waals surface area contributed by atoms with Crippen LogP contribution in [0.5, 0.6) is 0 Å². The summed E-state index contributed by atoms with van der Waals surface area (Å²) in [5.41, 5.74) is -1.90. The molecule has 0 unspecified atom stereocenters. The summed E-state index contributed by atoms with van der Waals surface area (Å²) in [7, 11) is 0. The van der Waals surface area contributed by atoms with Crippen molar-refractivity contribution in [3.8, 4) is 0 Å². The maximum absolute atomic E-state index is 13.6. The van der Waals surface area contributed by atoms with Crippen molar-refractivity contribution in [3.63, 3.8) is 0 Å². The van der Waals surface area contributed by atoms with E-state index in [1.807, 2.05) is 0 Å². The summed E-state index contributed by atoms with van der Waals surface area (Å²) in [6, 6.07) is -0.659. The molecular weight excluding hydrogens is 280 g/mol. The van der Waals surface area contributed by atoms with Crippen LogP contribution in [0.2, 0.25) is 0 Å². The predicted molar refractivity (Wildman–Crippen MR) is 58.7 cm³/mol. The van der Waals surface area contributed by atoms with Gasteiger partial charge in [0.1, 0.15) is 6.42 Å². The molecule has 10 heteroatoms. The minimum absolute atomic E-state index is 0.185. The number of anilines is 1. The van der Waals surface area contributed by atoms with Crippen molar-refractivity contribution in [2.75, 3.05) is 4.90 Å². The summed E-state index contributed by atoms with van der Waals surface area (Å²) in [5.74, 6) is -4.74. The van der Waals surface area contributed by atoms with E-state index in [-0.39, 0.29) is 11.0 Å². The molecule has 0 saturated carbocycles. The van der Waals surface area contributed by atoms with Crippen molar-refractivity contribution < 1.29 is 28.1 Å². The number of barbiturate groups is 1. The maximum atomic E-state index is 13.6. The molecule has 0 bridgehead atoms. The molecule has 8 nitrogen and oxygen atoms in total. The monoisotopic (exact) mass is 285 g/mol. The summed E-state index contributed by atoms with van der Waals surface area (Å²) in [4.78, 5) is 43.6. The van der Waals surface area contributed by atoms with Crippen molar-refractivity contribution in [2.24, 2.45) is 0 Å². The third-order valence-electron chi connectivity index (χ3n) is 2.46. The molecule has 104 valence electrons. The Kier molecular flexibility index (Phi) is 3.14. The Bertz CT molecular complexity index is 641. The molecular formula is C10H5F2N3O5. The van der Waals surface area contributed by atoms with Gasteiger partial charge in [-0.05, 0) is 0 Å². The first-order valence-corrected chi connectivity index (χ1v) is 5.11. The van der Waals surface area contributed by atoms with Gasteiger partial charge in [-0.2, -0.15) is 4.39 Å². The largest absolute Gasteiger partial charge is 0.335 e. The minimum Gasteiger partial charge on any atom is -0.277 e. The number of urea groups is 1. The zero-order valence-electron chi connectivity index (χ0n) is 9.55. The van der Waals surface area contributed by atoms with Gasteiger partial charge in [0.05, 0.1) is 10.6 Å². The van der Waals surface area contributed by atoms with Crippen molar-refractivity contribution in [3.05, 3.63) is 33.9 Å². The molecule has 1 aromatic rings. The van der Waals surface area contributed by atoms with Crippen LogP contribution in [0.25, 0.3) is 0 Å². The van der Waals surface area contributed by atoms with Gasteiger partial charge in [0.2, 0.25) is 17.6 Å². The van der Waals surface area contributed by atoms with Crippen LogP contribution in [0.1, 0.15) is 6.42 Å². The molecule has 0 aliphatic carbocycles. The number of nitro benzene ring substituents is 1. The molecule has 4 amide bonds. The quantitative estimate of drug-likeness (QED) is 0.492. The van der Waals surface area contributed by atoms with Gasteiger partial charge in [0, 0.05) is 12.1 Å². The molecule has 1 aliphatic rings. The SMILES string of the molecule is O=C1CC(=O)N(c2cc([N+](=O)[O-])c(F)cc2F)C(=O)N1. The van der Waals surface area contributed by atoms with Crippen LogP contribution in [0.3, 0.4) is 0 Å². The Hall–Kier alpha value is -2.91. The van der Waals surface area contributed by atoms with Crippen LogP contribution in [0.15, 0.2) is 12.1 Å².